The normalized spacial score (nSPS) is 12.3. The highest BCUT2D eigenvalue weighted by Crippen LogP contribution is 2.18. The van der Waals surface area contributed by atoms with Gasteiger partial charge in [0.2, 0.25) is 5.89 Å². The first-order valence-corrected chi connectivity index (χ1v) is 6.50. The van der Waals surface area contributed by atoms with Crippen LogP contribution in [0.2, 0.25) is 0 Å². The van der Waals surface area contributed by atoms with E-state index < -0.39 is 0 Å². The van der Waals surface area contributed by atoms with E-state index in [4.69, 9.17) is 16.0 Å². The zero-order chi connectivity index (χ0) is 12.8. The first-order valence-electron chi connectivity index (χ1n) is 5.96. The fourth-order valence-electron chi connectivity index (χ4n) is 1.72. The molecule has 5 heteroatoms. The van der Waals surface area contributed by atoms with Crippen LogP contribution in [0.1, 0.15) is 30.7 Å². The van der Waals surface area contributed by atoms with Crippen LogP contribution in [0, 0.1) is 0 Å². The Bertz CT molecular complexity index is 472. The highest BCUT2D eigenvalue weighted by molar-refractivity contribution is 6.16. The first-order chi connectivity index (χ1) is 8.79. The van der Waals surface area contributed by atoms with Gasteiger partial charge in [-0.1, -0.05) is 42.4 Å². The van der Waals surface area contributed by atoms with E-state index in [1.54, 1.807) is 0 Å². The Labute approximate surface area is 111 Å². The molecule has 2 rings (SSSR count). The molecule has 4 nitrogen and oxygen atoms in total. The fraction of sp³-hybridized carbons (Fsp3) is 0.385. The van der Waals surface area contributed by atoms with Crippen LogP contribution in [-0.4, -0.2) is 16.7 Å². The first kappa shape index (κ1) is 12.9. The number of benzene rings is 1. The highest BCUT2D eigenvalue weighted by Gasteiger charge is 2.07. The second kappa shape index (κ2) is 6.40. The molecule has 0 aliphatic rings. The molecule has 1 atom stereocenters. The topological polar surface area (TPSA) is 51.0 Å². The maximum Gasteiger partial charge on any atom is 0.315 e. The summed E-state index contributed by atoms with van der Waals surface area (Å²) < 4.78 is 5.26. The van der Waals surface area contributed by atoms with Gasteiger partial charge in [0.25, 0.3) is 0 Å². The lowest BCUT2D eigenvalue weighted by Gasteiger charge is -2.11. The van der Waals surface area contributed by atoms with Crippen LogP contribution in [0.5, 0.6) is 0 Å². The average Bonchev–Trinajstić information content (AvgIpc) is 2.87. The van der Waals surface area contributed by atoms with Gasteiger partial charge in [0.05, 0.1) is 0 Å². The minimum atomic E-state index is 0.245. The lowest BCUT2D eigenvalue weighted by molar-refractivity contribution is 0.523. The minimum absolute atomic E-state index is 0.245. The SMILES string of the molecule is CC(CCNc1nnc(CCl)o1)c1ccccc1. The van der Waals surface area contributed by atoms with Crippen molar-refractivity contribution in [2.24, 2.45) is 0 Å². The Morgan fingerprint density at radius 2 is 2.06 bits per heavy atom. The van der Waals surface area contributed by atoms with Crippen molar-refractivity contribution < 1.29 is 4.42 Å². The number of nitrogens with zero attached hydrogens (tertiary/aromatic N) is 2. The standard InChI is InChI=1S/C13H16ClN3O/c1-10(11-5-3-2-4-6-11)7-8-15-13-17-16-12(9-14)18-13/h2-6,10H,7-9H2,1H3,(H,15,17). The number of halogens is 1. The van der Waals surface area contributed by atoms with Crippen molar-refractivity contribution in [2.75, 3.05) is 11.9 Å². The van der Waals surface area contributed by atoms with Gasteiger partial charge in [0.1, 0.15) is 5.88 Å². The van der Waals surface area contributed by atoms with E-state index >= 15 is 0 Å². The van der Waals surface area contributed by atoms with Crippen molar-refractivity contribution >= 4 is 17.6 Å². The van der Waals surface area contributed by atoms with Crippen LogP contribution in [0.4, 0.5) is 6.01 Å². The summed E-state index contributed by atoms with van der Waals surface area (Å²) in [6, 6.07) is 10.9. The zero-order valence-electron chi connectivity index (χ0n) is 10.3. The molecule has 1 heterocycles. The van der Waals surface area contributed by atoms with Gasteiger partial charge in [-0.2, -0.15) is 0 Å². The van der Waals surface area contributed by atoms with E-state index in [1.807, 2.05) is 6.07 Å². The van der Waals surface area contributed by atoms with E-state index in [9.17, 15) is 0 Å². The predicted octanol–water partition coefficient (Wildman–Crippen LogP) is 3.41. The van der Waals surface area contributed by atoms with Crippen molar-refractivity contribution in [3.8, 4) is 0 Å². The van der Waals surface area contributed by atoms with Gasteiger partial charge in [-0.05, 0) is 17.9 Å². The van der Waals surface area contributed by atoms with E-state index in [2.05, 4.69) is 46.7 Å². The van der Waals surface area contributed by atoms with Crippen LogP contribution in [0.3, 0.4) is 0 Å². The molecule has 0 spiro atoms. The molecule has 1 aromatic heterocycles. The number of hydrogen-bond acceptors (Lipinski definition) is 4. The highest BCUT2D eigenvalue weighted by atomic mass is 35.5. The van der Waals surface area contributed by atoms with Gasteiger partial charge in [-0.25, -0.2) is 0 Å². The Balaban J connectivity index is 1.78. The number of anilines is 1. The summed E-state index contributed by atoms with van der Waals surface area (Å²) in [5.41, 5.74) is 1.34. The van der Waals surface area contributed by atoms with E-state index in [0.717, 1.165) is 13.0 Å². The van der Waals surface area contributed by atoms with Gasteiger partial charge in [-0.15, -0.1) is 16.7 Å². The van der Waals surface area contributed by atoms with Gasteiger partial charge in [-0.3, -0.25) is 0 Å². The number of nitrogens with one attached hydrogen (secondary N) is 1. The van der Waals surface area contributed by atoms with Crippen LogP contribution < -0.4 is 5.32 Å². The molecule has 18 heavy (non-hydrogen) atoms. The molecule has 1 aromatic carbocycles. The summed E-state index contributed by atoms with van der Waals surface area (Å²) in [5, 5.41) is 10.7. The minimum Gasteiger partial charge on any atom is -0.407 e. The van der Waals surface area contributed by atoms with Gasteiger partial charge >= 0.3 is 6.01 Å². The van der Waals surface area contributed by atoms with Gasteiger partial charge in [0, 0.05) is 6.54 Å². The van der Waals surface area contributed by atoms with E-state index in [0.29, 0.717) is 17.8 Å². The molecule has 0 fully saturated rings. The van der Waals surface area contributed by atoms with Gasteiger partial charge < -0.3 is 9.73 Å². The van der Waals surface area contributed by atoms with Crippen molar-refractivity contribution in [2.45, 2.75) is 25.1 Å². The summed E-state index contributed by atoms with van der Waals surface area (Å²) in [6.45, 7) is 3.00. The Morgan fingerprint density at radius 3 is 2.72 bits per heavy atom. The summed E-state index contributed by atoms with van der Waals surface area (Å²) in [5.74, 6) is 1.18. The van der Waals surface area contributed by atoms with Crippen LogP contribution >= 0.6 is 11.6 Å². The maximum atomic E-state index is 5.58. The Morgan fingerprint density at radius 1 is 1.28 bits per heavy atom. The Kier molecular flexibility index (Phi) is 4.59. The molecule has 1 N–H and O–H groups in total. The van der Waals surface area contributed by atoms with Crippen molar-refractivity contribution in [3.05, 3.63) is 41.8 Å². The number of alkyl halides is 1. The van der Waals surface area contributed by atoms with Crippen LogP contribution in [-0.2, 0) is 5.88 Å². The second-order valence-corrected chi connectivity index (χ2v) is 4.43. The summed E-state index contributed by atoms with van der Waals surface area (Å²) in [4.78, 5) is 0. The zero-order valence-corrected chi connectivity index (χ0v) is 11.0. The fourth-order valence-corrected chi connectivity index (χ4v) is 1.83. The average molecular weight is 266 g/mol. The number of aromatic nitrogens is 2. The third-order valence-electron chi connectivity index (χ3n) is 2.80. The van der Waals surface area contributed by atoms with E-state index in [-0.39, 0.29) is 5.88 Å². The molecule has 0 amide bonds. The largest absolute Gasteiger partial charge is 0.407 e. The van der Waals surface area contributed by atoms with E-state index in [1.165, 1.54) is 5.56 Å². The smallest absolute Gasteiger partial charge is 0.315 e. The third kappa shape index (κ3) is 3.47. The molecule has 0 aliphatic carbocycles. The summed E-state index contributed by atoms with van der Waals surface area (Å²) in [6.07, 6.45) is 1.00. The summed E-state index contributed by atoms with van der Waals surface area (Å²) >= 11 is 5.58. The molecule has 0 saturated heterocycles. The van der Waals surface area contributed by atoms with Crippen molar-refractivity contribution in [1.29, 1.82) is 0 Å². The molecule has 0 aliphatic heterocycles. The molecule has 1 unspecified atom stereocenters. The monoisotopic (exact) mass is 265 g/mol. The Hall–Kier alpha value is -1.55. The molecular weight excluding hydrogens is 250 g/mol. The lowest BCUT2D eigenvalue weighted by atomic mass is 9.98. The predicted molar refractivity (Wildman–Crippen MR) is 71.8 cm³/mol. The molecule has 0 radical (unpaired) electrons. The van der Waals surface area contributed by atoms with Crippen molar-refractivity contribution in [1.82, 2.24) is 10.2 Å². The van der Waals surface area contributed by atoms with Crippen molar-refractivity contribution in [3.63, 3.8) is 0 Å². The molecule has 0 bridgehead atoms. The maximum absolute atomic E-state index is 5.58. The summed E-state index contributed by atoms with van der Waals surface area (Å²) in [7, 11) is 0. The molecular formula is C13H16ClN3O. The van der Waals surface area contributed by atoms with Crippen LogP contribution in [0.25, 0.3) is 0 Å². The molecule has 0 saturated carbocycles. The molecule has 2 aromatic rings. The number of hydrogen-bond donors (Lipinski definition) is 1. The van der Waals surface area contributed by atoms with Gasteiger partial charge in [0.15, 0.2) is 0 Å². The van der Waals surface area contributed by atoms with Crippen LogP contribution in [0.15, 0.2) is 34.7 Å². The lowest BCUT2D eigenvalue weighted by Crippen LogP contribution is -2.06. The third-order valence-corrected chi connectivity index (χ3v) is 3.03. The second-order valence-electron chi connectivity index (χ2n) is 4.16. The molecule has 96 valence electrons. The number of rotatable bonds is 6. The quantitative estimate of drug-likeness (QED) is 0.813.